The number of carbonyl (C=O) groups is 2. The van der Waals surface area contributed by atoms with E-state index >= 15 is 0 Å². The number of thioether (sulfide) groups is 2. The van der Waals surface area contributed by atoms with Gasteiger partial charge in [0.2, 0.25) is 5.91 Å². The Balaban J connectivity index is 1.75. The SMILES string of the molecule is NC(=O)CCSC(SCCC(=O)O)c1cccc(/C=C/c2ccc3ccc(Cl)cc3n2)c1. The molecule has 166 valence electrons. The number of carboxylic acids is 1. The Morgan fingerprint density at radius 3 is 2.53 bits per heavy atom. The molecule has 5 nitrogen and oxygen atoms in total. The Labute approximate surface area is 200 Å². The number of fused-ring (bicyclic) bond motifs is 1. The van der Waals surface area contributed by atoms with E-state index in [-0.39, 0.29) is 23.3 Å². The van der Waals surface area contributed by atoms with Gasteiger partial charge in [-0.3, -0.25) is 9.59 Å². The molecule has 0 spiro atoms. The summed E-state index contributed by atoms with van der Waals surface area (Å²) < 4.78 is 0.0167. The standard InChI is InChI=1S/C24H23ClN2O3S2/c25-19-7-5-17-6-9-20(27-21(17)15-19)8-4-16-2-1-3-18(14-16)24(31-12-10-22(26)28)32-13-11-23(29)30/h1-9,14-15,24H,10-13H2,(H2,26,28)(H,29,30)/b8-4+. The molecular weight excluding hydrogens is 464 g/mol. The maximum atomic E-state index is 11.1. The van der Waals surface area contributed by atoms with Crippen LogP contribution < -0.4 is 5.73 Å². The van der Waals surface area contributed by atoms with E-state index in [2.05, 4.69) is 11.1 Å². The zero-order valence-electron chi connectivity index (χ0n) is 17.2. The van der Waals surface area contributed by atoms with Gasteiger partial charge in [0.1, 0.15) is 0 Å². The molecule has 0 aliphatic rings. The van der Waals surface area contributed by atoms with E-state index in [1.165, 1.54) is 0 Å². The average Bonchev–Trinajstić information content (AvgIpc) is 2.76. The van der Waals surface area contributed by atoms with Gasteiger partial charge in [-0.05, 0) is 41.5 Å². The number of carboxylic acid groups (broad SMARTS) is 1. The number of benzene rings is 2. The monoisotopic (exact) mass is 486 g/mol. The van der Waals surface area contributed by atoms with Crippen LogP contribution in [0.25, 0.3) is 23.1 Å². The molecule has 1 amide bonds. The van der Waals surface area contributed by atoms with Crippen molar-refractivity contribution in [3.8, 4) is 0 Å². The summed E-state index contributed by atoms with van der Waals surface area (Å²) in [4.78, 5) is 26.6. The van der Waals surface area contributed by atoms with Crippen molar-refractivity contribution >= 4 is 70.1 Å². The molecule has 8 heteroatoms. The molecule has 1 unspecified atom stereocenters. The van der Waals surface area contributed by atoms with Crippen LogP contribution in [0.5, 0.6) is 0 Å². The normalized spacial score (nSPS) is 12.3. The number of nitrogens with zero attached hydrogens (tertiary/aromatic N) is 1. The Bertz CT molecular complexity index is 1120. The lowest BCUT2D eigenvalue weighted by atomic mass is 10.1. The van der Waals surface area contributed by atoms with Crippen LogP contribution in [-0.2, 0) is 9.59 Å². The third kappa shape index (κ3) is 7.58. The Morgan fingerprint density at radius 1 is 1.03 bits per heavy atom. The summed E-state index contributed by atoms with van der Waals surface area (Å²) in [6.45, 7) is 0. The molecule has 1 heterocycles. The minimum atomic E-state index is -0.820. The second-order valence-electron chi connectivity index (χ2n) is 7.01. The van der Waals surface area contributed by atoms with Crippen LogP contribution in [0.3, 0.4) is 0 Å². The second-order valence-corrected chi connectivity index (χ2v) is 10.2. The van der Waals surface area contributed by atoms with Crippen LogP contribution in [-0.4, -0.2) is 33.5 Å². The fourth-order valence-corrected chi connectivity index (χ4v) is 5.80. The first-order valence-corrected chi connectivity index (χ1v) is 12.5. The van der Waals surface area contributed by atoms with Crippen LogP contribution >= 0.6 is 35.1 Å². The molecule has 3 aromatic rings. The van der Waals surface area contributed by atoms with Crippen molar-refractivity contribution < 1.29 is 14.7 Å². The zero-order chi connectivity index (χ0) is 22.9. The third-order valence-corrected chi connectivity index (χ3v) is 7.59. The van der Waals surface area contributed by atoms with Gasteiger partial charge >= 0.3 is 5.97 Å². The van der Waals surface area contributed by atoms with Gasteiger partial charge in [-0.25, -0.2) is 4.98 Å². The van der Waals surface area contributed by atoms with E-state index in [4.69, 9.17) is 22.4 Å². The maximum absolute atomic E-state index is 11.1. The van der Waals surface area contributed by atoms with Crippen LogP contribution in [0.2, 0.25) is 5.02 Å². The van der Waals surface area contributed by atoms with E-state index in [1.807, 2.05) is 60.7 Å². The van der Waals surface area contributed by atoms with Gasteiger partial charge in [0.25, 0.3) is 0 Å². The number of aromatic nitrogens is 1. The van der Waals surface area contributed by atoms with Crippen LogP contribution in [0.4, 0.5) is 0 Å². The summed E-state index contributed by atoms with van der Waals surface area (Å²) in [5.41, 5.74) is 9.00. The highest BCUT2D eigenvalue weighted by atomic mass is 35.5. The van der Waals surface area contributed by atoms with Gasteiger partial charge in [-0.1, -0.05) is 48.0 Å². The quantitative estimate of drug-likeness (QED) is 0.329. The van der Waals surface area contributed by atoms with Crippen molar-refractivity contribution in [2.24, 2.45) is 5.73 Å². The van der Waals surface area contributed by atoms with Crippen LogP contribution in [0.1, 0.15) is 34.2 Å². The second kappa shape index (κ2) is 11.9. The van der Waals surface area contributed by atoms with Gasteiger partial charge in [0.15, 0.2) is 0 Å². The number of primary amides is 1. The van der Waals surface area contributed by atoms with Crippen molar-refractivity contribution in [3.63, 3.8) is 0 Å². The third-order valence-electron chi connectivity index (χ3n) is 4.51. The lowest BCUT2D eigenvalue weighted by molar-refractivity contribution is -0.136. The molecule has 0 fully saturated rings. The van der Waals surface area contributed by atoms with Gasteiger partial charge in [0, 0.05) is 28.3 Å². The highest BCUT2D eigenvalue weighted by Crippen LogP contribution is 2.40. The molecule has 2 aromatic carbocycles. The minimum absolute atomic E-state index is 0.0167. The fourth-order valence-electron chi connectivity index (χ4n) is 2.95. The summed E-state index contributed by atoms with van der Waals surface area (Å²) in [5.74, 6) is -0.0800. The number of hydrogen-bond acceptors (Lipinski definition) is 5. The predicted molar refractivity (Wildman–Crippen MR) is 136 cm³/mol. The van der Waals surface area contributed by atoms with E-state index in [0.29, 0.717) is 16.5 Å². The molecule has 32 heavy (non-hydrogen) atoms. The number of hydrogen-bond donors (Lipinski definition) is 2. The zero-order valence-corrected chi connectivity index (χ0v) is 19.6. The van der Waals surface area contributed by atoms with Crippen molar-refractivity contribution in [3.05, 3.63) is 76.4 Å². The fraction of sp³-hybridized carbons (Fsp3) is 0.208. The number of aliphatic carboxylic acids is 1. The number of amides is 1. The first kappa shape index (κ1) is 24.2. The van der Waals surface area contributed by atoms with Crippen molar-refractivity contribution in [2.75, 3.05) is 11.5 Å². The molecule has 0 aliphatic carbocycles. The molecule has 1 aromatic heterocycles. The van der Waals surface area contributed by atoms with Crippen molar-refractivity contribution in [1.82, 2.24) is 4.98 Å². The molecule has 3 rings (SSSR count). The highest BCUT2D eigenvalue weighted by Gasteiger charge is 2.14. The molecule has 0 aliphatic heterocycles. The molecule has 0 saturated heterocycles. The molecule has 0 saturated carbocycles. The van der Waals surface area contributed by atoms with Crippen molar-refractivity contribution in [1.29, 1.82) is 0 Å². The number of nitrogens with two attached hydrogens (primary N) is 1. The van der Waals surface area contributed by atoms with Gasteiger partial charge in [0.05, 0.1) is 22.2 Å². The van der Waals surface area contributed by atoms with E-state index in [9.17, 15) is 9.59 Å². The Kier molecular flexibility index (Phi) is 9.02. The first-order valence-electron chi connectivity index (χ1n) is 9.98. The number of pyridine rings is 1. The number of carbonyl (C=O) groups excluding carboxylic acids is 1. The number of rotatable bonds is 11. The molecule has 0 bridgehead atoms. The van der Waals surface area contributed by atoms with Crippen LogP contribution in [0.15, 0.2) is 54.6 Å². The largest absolute Gasteiger partial charge is 0.481 e. The predicted octanol–water partition coefficient (Wildman–Crippen LogP) is 5.87. The lowest BCUT2D eigenvalue weighted by Crippen LogP contribution is -2.11. The Hall–Kier alpha value is -2.48. The maximum Gasteiger partial charge on any atom is 0.304 e. The number of halogens is 1. The van der Waals surface area contributed by atoms with Gasteiger partial charge < -0.3 is 10.8 Å². The molecule has 0 radical (unpaired) electrons. The topological polar surface area (TPSA) is 93.3 Å². The van der Waals surface area contributed by atoms with Crippen molar-refractivity contribution in [2.45, 2.75) is 17.4 Å². The summed E-state index contributed by atoms with van der Waals surface area (Å²) >= 11 is 9.24. The Morgan fingerprint density at radius 2 is 1.78 bits per heavy atom. The minimum Gasteiger partial charge on any atom is -0.481 e. The van der Waals surface area contributed by atoms with E-state index < -0.39 is 5.97 Å². The molecular formula is C24H23ClN2O3S2. The van der Waals surface area contributed by atoms with E-state index in [1.54, 1.807) is 23.5 Å². The summed E-state index contributed by atoms with van der Waals surface area (Å²) in [7, 11) is 0. The highest BCUT2D eigenvalue weighted by molar-refractivity contribution is 8.16. The van der Waals surface area contributed by atoms with Crippen LogP contribution in [0, 0.1) is 0 Å². The summed E-state index contributed by atoms with van der Waals surface area (Å²) in [5, 5.41) is 10.6. The van der Waals surface area contributed by atoms with E-state index in [0.717, 1.165) is 27.7 Å². The summed E-state index contributed by atoms with van der Waals surface area (Å²) in [6, 6.07) is 17.7. The molecule has 1 atom stereocenters. The average molecular weight is 487 g/mol. The smallest absolute Gasteiger partial charge is 0.304 e. The van der Waals surface area contributed by atoms with Gasteiger partial charge in [-0.2, -0.15) is 0 Å². The lowest BCUT2D eigenvalue weighted by Gasteiger charge is -2.16. The first-order chi connectivity index (χ1) is 15.4. The van der Waals surface area contributed by atoms with Gasteiger partial charge in [-0.15, -0.1) is 23.5 Å². The molecule has 3 N–H and O–H groups in total. The summed E-state index contributed by atoms with van der Waals surface area (Å²) in [6.07, 6.45) is 4.33.